The van der Waals surface area contributed by atoms with E-state index in [4.69, 9.17) is 24.0 Å². The molecule has 1 aliphatic rings. The van der Waals surface area contributed by atoms with E-state index in [-0.39, 0.29) is 40.8 Å². The van der Waals surface area contributed by atoms with Gasteiger partial charge in [-0.3, -0.25) is 18.8 Å². The number of imidazole rings is 1. The van der Waals surface area contributed by atoms with E-state index >= 15 is 0 Å². The van der Waals surface area contributed by atoms with Crippen LogP contribution < -0.4 is 65.1 Å². The Hall–Kier alpha value is -1.96. The second kappa shape index (κ2) is 12.3. The summed E-state index contributed by atoms with van der Waals surface area (Å²) in [7, 11) is -0.554. The summed E-state index contributed by atoms with van der Waals surface area (Å²) >= 11 is 0. The predicted octanol–water partition coefficient (Wildman–Crippen LogP) is -5.56. The number of aromatic nitrogens is 4. The zero-order chi connectivity index (χ0) is 25.0. The fourth-order valence-corrected chi connectivity index (χ4v) is 3.92. The molecule has 0 bridgehead atoms. The van der Waals surface area contributed by atoms with Crippen molar-refractivity contribution in [1.82, 2.24) is 23.6 Å². The fourth-order valence-electron chi connectivity index (χ4n) is 3.92. The number of nitrogens with zero attached hydrogens (tertiary/aromatic N) is 6. The van der Waals surface area contributed by atoms with Gasteiger partial charge in [-0.1, -0.05) is 12.1 Å². The summed E-state index contributed by atoms with van der Waals surface area (Å²) in [5.74, 6) is 0.896. The fraction of sp³-hybridized carbons (Fsp3) is 0.450. The Kier molecular flexibility index (Phi) is 10.3. The first-order valence-corrected chi connectivity index (χ1v) is 11.9. The molecule has 3 aromatic rings. The average Bonchev–Trinajstić information content (AvgIpc) is 3.23. The number of rotatable bonds is 5. The molecule has 1 aliphatic heterocycles. The molecule has 0 atom stereocenters. The maximum Gasteiger partial charge on any atom is 1.00 e. The third-order valence-corrected chi connectivity index (χ3v) is 5.67. The summed E-state index contributed by atoms with van der Waals surface area (Å²) in [5, 5.41) is 0. The van der Waals surface area contributed by atoms with Crippen LogP contribution in [0.4, 0.5) is 5.69 Å². The monoisotopic (exact) mass is 516 g/mol. The second-order valence-electron chi connectivity index (χ2n) is 7.76. The number of benzene rings is 1. The molecule has 4 rings (SSSR count). The van der Waals surface area contributed by atoms with Crippen LogP contribution in [0.1, 0.15) is 0 Å². The summed E-state index contributed by atoms with van der Waals surface area (Å²) in [6.45, 7) is 5.17. The van der Waals surface area contributed by atoms with Crippen molar-refractivity contribution in [2.24, 2.45) is 14.1 Å². The summed E-state index contributed by atoms with van der Waals surface area (Å²) in [6, 6.07) is 8.09. The summed E-state index contributed by atoms with van der Waals surface area (Å²) in [4.78, 5) is 59.3. The van der Waals surface area contributed by atoms with Gasteiger partial charge in [0.25, 0.3) is 5.56 Å². The van der Waals surface area contributed by atoms with E-state index in [1.54, 1.807) is 20.5 Å². The minimum absolute atomic E-state index is 0. The Morgan fingerprint density at radius 3 is 2.20 bits per heavy atom. The number of aryl methyl sites for hydroxylation is 1. The van der Waals surface area contributed by atoms with Crippen molar-refractivity contribution in [2.75, 3.05) is 44.7 Å². The molecular weight excluding hydrogens is 490 g/mol. The first kappa shape index (κ1) is 29.3. The molecule has 0 N–H and O–H groups in total. The van der Waals surface area contributed by atoms with Crippen LogP contribution >= 0.6 is 7.82 Å². The second-order valence-corrected chi connectivity index (χ2v) is 8.66. The van der Waals surface area contributed by atoms with Crippen molar-refractivity contribution in [2.45, 2.75) is 6.54 Å². The van der Waals surface area contributed by atoms with E-state index < -0.39 is 7.82 Å². The van der Waals surface area contributed by atoms with Crippen molar-refractivity contribution in [3.05, 3.63) is 51.4 Å². The standard InChI is InChI=1S/C20H26N6O3.Na.H3O4P/c1-22-18-17(19(27)23(2)20(22)28)26(14-21-18)13-10-24-8-11-25(12-9-24)15-6-4-5-7-16(15)29-3;;1-5(2,3)4/h4-7,14H,8-13H2,1-3H3;;(H3,1,2,3,4)/q;+1;/p-3. The Morgan fingerprint density at radius 2 is 1.60 bits per heavy atom. The number of fused-ring (bicyclic) bond motifs is 1. The van der Waals surface area contributed by atoms with Gasteiger partial charge in [0.2, 0.25) is 0 Å². The van der Waals surface area contributed by atoms with Crippen LogP contribution in [0.3, 0.4) is 0 Å². The van der Waals surface area contributed by atoms with Crippen LogP contribution in [0.15, 0.2) is 40.2 Å². The van der Waals surface area contributed by atoms with Crippen LogP contribution in [-0.2, 0) is 25.2 Å². The molecule has 186 valence electrons. The van der Waals surface area contributed by atoms with Gasteiger partial charge in [0.15, 0.2) is 11.2 Å². The average molecular weight is 516 g/mol. The molecule has 0 radical (unpaired) electrons. The third kappa shape index (κ3) is 7.28. The van der Waals surface area contributed by atoms with Gasteiger partial charge in [-0.25, -0.2) is 9.78 Å². The van der Waals surface area contributed by atoms with Gasteiger partial charge in [0, 0.05) is 53.4 Å². The van der Waals surface area contributed by atoms with Crippen molar-refractivity contribution in [3.63, 3.8) is 0 Å². The van der Waals surface area contributed by atoms with Gasteiger partial charge in [-0.15, -0.1) is 0 Å². The molecule has 0 saturated carbocycles. The zero-order valence-corrected chi connectivity index (χ0v) is 23.0. The molecule has 2 aromatic heterocycles. The zero-order valence-electron chi connectivity index (χ0n) is 20.1. The minimum atomic E-state index is -5.39. The maximum atomic E-state index is 12.6. The summed E-state index contributed by atoms with van der Waals surface area (Å²) in [5.41, 5.74) is 1.36. The first-order valence-electron chi connectivity index (χ1n) is 10.5. The molecule has 0 unspecified atom stereocenters. The van der Waals surface area contributed by atoms with Gasteiger partial charge >= 0.3 is 35.2 Å². The number of para-hydroxylation sites is 2. The summed E-state index contributed by atoms with van der Waals surface area (Å²) in [6.07, 6.45) is 1.65. The van der Waals surface area contributed by atoms with E-state index in [1.165, 1.54) is 11.6 Å². The van der Waals surface area contributed by atoms with Crippen molar-refractivity contribution >= 4 is 24.7 Å². The van der Waals surface area contributed by atoms with Crippen LogP contribution in [0.25, 0.3) is 11.2 Å². The smallest absolute Gasteiger partial charge is 0.822 e. The van der Waals surface area contributed by atoms with E-state index in [2.05, 4.69) is 20.9 Å². The molecule has 1 aromatic carbocycles. The van der Waals surface area contributed by atoms with Crippen molar-refractivity contribution in [1.29, 1.82) is 0 Å². The van der Waals surface area contributed by atoms with Gasteiger partial charge in [-0.2, -0.15) is 7.82 Å². The van der Waals surface area contributed by atoms with E-state index in [0.717, 1.165) is 48.7 Å². The van der Waals surface area contributed by atoms with Gasteiger partial charge in [0.05, 0.1) is 19.1 Å². The Labute approximate surface area is 223 Å². The molecule has 35 heavy (non-hydrogen) atoms. The number of piperazine rings is 1. The van der Waals surface area contributed by atoms with E-state index in [9.17, 15) is 9.59 Å². The Morgan fingerprint density at radius 1 is 1.00 bits per heavy atom. The molecule has 1 saturated heterocycles. The van der Waals surface area contributed by atoms with Crippen molar-refractivity contribution < 1.29 is 53.5 Å². The molecule has 3 heterocycles. The minimum Gasteiger partial charge on any atom is -0.822 e. The molecule has 13 nitrogen and oxygen atoms in total. The van der Waals surface area contributed by atoms with Crippen LogP contribution in [-0.4, -0.2) is 63.4 Å². The van der Waals surface area contributed by atoms with Crippen LogP contribution in [0, 0.1) is 0 Å². The van der Waals surface area contributed by atoms with Gasteiger partial charge in [-0.05, 0) is 12.1 Å². The number of anilines is 1. The van der Waals surface area contributed by atoms with Crippen LogP contribution in [0.5, 0.6) is 5.75 Å². The van der Waals surface area contributed by atoms with Crippen molar-refractivity contribution in [3.8, 4) is 5.75 Å². The summed E-state index contributed by atoms with van der Waals surface area (Å²) < 4.78 is 18.4. The quantitative estimate of drug-likeness (QED) is 0.236. The number of phosphoric acid groups is 1. The normalized spacial score (nSPS) is 14.3. The van der Waals surface area contributed by atoms with Gasteiger partial charge < -0.3 is 33.4 Å². The van der Waals surface area contributed by atoms with E-state index in [1.807, 2.05) is 22.8 Å². The Balaban J connectivity index is 0.000000656. The third-order valence-electron chi connectivity index (χ3n) is 5.67. The number of ether oxygens (including phenoxy) is 1. The Bertz CT molecular complexity index is 1300. The molecule has 0 aliphatic carbocycles. The molecular formula is C20H26N6NaO7P-2. The number of methoxy groups -OCH3 is 1. The first-order chi connectivity index (χ1) is 16.0. The number of hydrogen-bond donors (Lipinski definition) is 0. The largest absolute Gasteiger partial charge is 1.00 e. The predicted molar refractivity (Wildman–Crippen MR) is 119 cm³/mol. The van der Waals surface area contributed by atoms with Gasteiger partial charge in [0.1, 0.15) is 5.75 Å². The molecule has 15 heteroatoms. The topological polar surface area (TPSA) is 164 Å². The molecule has 0 spiro atoms. The maximum absolute atomic E-state index is 12.6. The van der Waals surface area contributed by atoms with E-state index in [0.29, 0.717) is 17.7 Å². The van der Waals surface area contributed by atoms with Crippen LogP contribution in [0.2, 0.25) is 0 Å². The SMILES string of the molecule is COc1ccccc1N1CCN(CCn2cnc3c2c(=O)n(C)c(=O)n3C)CC1.O=P([O-])([O-])[O-].[Na+]. The molecule has 0 amide bonds. The molecule has 1 fully saturated rings. The number of hydrogen-bond acceptors (Lipinski definition) is 10.